The number of hydrogen-bond acceptors (Lipinski definition) is 1. The van der Waals surface area contributed by atoms with Crippen LogP contribution in [0.3, 0.4) is 0 Å². The van der Waals surface area contributed by atoms with Crippen LogP contribution in [0.1, 0.15) is 5.56 Å². The van der Waals surface area contributed by atoms with Gasteiger partial charge in [-0.1, -0.05) is 40.2 Å². The topological polar surface area (TPSA) is 3.24 Å². The van der Waals surface area contributed by atoms with Gasteiger partial charge in [-0.25, -0.2) is 0 Å². The number of benzene rings is 2. The molecule has 0 aliphatic carbocycles. The standard InChI is InChI=1S/C14H14BrN/c1-11-6-3-4-9-14(11)16(2)13-8-5-7-12(15)10-13/h3-10H,1-2H3. The summed E-state index contributed by atoms with van der Waals surface area (Å²) in [6.07, 6.45) is 0. The Morgan fingerprint density at radius 2 is 1.75 bits per heavy atom. The molecule has 0 radical (unpaired) electrons. The maximum atomic E-state index is 3.49. The van der Waals surface area contributed by atoms with Crippen LogP contribution < -0.4 is 4.90 Å². The van der Waals surface area contributed by atoms with Gasteiger partial charge in [0.25, 0.3) is 0 Å². The van der Waals surface area contributed by atoms with E-state index in [4.69, 9.17) is 0 Å². The van der Waals surface area contributed by atoms with Crippen molar-refractivity contribution in [2.75, 3.05) is 11.9 Å². The second kappa shape index (κ2) is 4.71. The molecule has 0 heterocycles. The highest BCUT2D eigenvalue weighted by molar-refractivity contribution is 9.10. The fraction of sp³-hybridized carbons (Fsp3) is 0.143. The normalized spacial score (nSPS) is 10.2. The van der Waals surface area contributed by atoms with E-state index in [1.54, 1.807) is 0 Å². The van der Waals surface area contributed by atoms with Crippen molar-refractivity contribution in [2.45, 2.75) is 6.92 Å². The summed E-state index contributed by atoms with van der Waals surface area (Å²) in [4.78, 5) is 2.19. The number of hydrogen-bond donors (Lipinski definition) is 0. The molecule has 2 rings (SSSR count). The Kier molecular flexibility index (Phi) is 3.30. The Balaban J connectivity index is 2.39. The van der Waals surface area contributed by atoms with E-state index in [1.165, 1.54) is 16.9 Å². The fourth-order valence-corrected chi connectivity index (χ4v) is 2.15. The minimum Gasteiger partial charge on any atom is -0.344 e. The van der Waals surface area contributed by atoms with Crippen LogP contribution in [-0.2, 0) is 0 Å². The molecule has 0 N–H and O–H groups in total. The summed E-state index contributed by atoms with van der Waals surface area (Å²) in [5.41, 5.74) is 3.70. The van der Waals surface area contributed by atoms with E-state index in [2.05, 4.69) is 71.2 Å². The first kappa shape index (κ1) is 11.2. The lowest BCUT2D eigenvalue weighted by Gasteiger charge is -2.21. The monoisotopic (exact) mass is 275 g/mol. The van der Waals surface area contributed by atoms with Crippen LogP contribution in [0.2, 0.25) is 0 Å². The SMILES string of the molecule is Cc1ccccc1N(C)c1cccc(Br)c1. The molecule has 0 aromatic heterocycles. The van der Waals surface area contributed by atoms with Gasteiger partial charge in [-0.05, 0) is 36.8 Å². The van der Waals surface area contributed by atoms with E-state index in [0.29, 0.717) is 0 Å². The molecular formula is C14H14BrN. The van der Waals surface area contributed by atoms with Crippen molar-refractivity contribution in [3.63, 3.8) is 0 Å². The van der Waals surface area contributed by atoms with Gasteiger partial charge in [0.2, 0.25) is 0 Å². The van der Waals surface area contributed by atoms with Crippen LogP contribution in [0.15, 0.2) is 53.0 Å². The Morgan fingerprint density at radius 1 is 1.00 bits per heavy atom. The van der Waals surface area contributed by atoms with Crippen molar-refractivity contribution in [2.24, 2.45) is 0 Å². The number of halogens is 1. The molecule has 2 aromatic rings. The van der Waals surface area contributed by atoms with Gasteiger partial charge in [0.15, 0.2) is 0 Å². The van der Waals surface area contributed by atoms with Crippen molar-refractivity contribution >= 4 is 27.3 Å². The molecule has 2 heteroatoms. The molecule has 0 aliphatic heterocycles. The van der Waals surface area contributed by atoms with Crippen molar-refractivity contribution in [1.29, 1.82) is 0 Å². The molecule has 0 unspecified atom stereocenters. The Hall–Kier alpha value is -1.28. The van der Waals surface area contributed by atoms with Crippen molar-refractivity contribution in [3.8, 4) is 0 Å². The maximum Gasteiger partial charge on any atom is 0.0437 e. The van der Waals surface area contributed by atoms with Gasteiger partial charge in [0.05, 0.1) is 0 Å². The average Bonchev–Trinajstić information content (AvgIpc) is 2.29. The molecule has 0 saturated carbocycles. The summed E-state index contributed by atoms with van der Waals surface area (Å²) >= 11 is 3.49. The zero-order valence-electron chi connectivity index (χ0n) is 9.44. The minimum atomic E-state index is 1.10. The Bertz CT molecular complexity index is 494. The van der Waals surface area contributed by atoms with Gasteiger partial charge in [-0.15, -0.1) is 0 Å². The molecule has 0 spiro atoms. The third-order valence-corrected chi connectivity index (χ3v) is 3.17. The Labute approximate surface area is 105 Å². The highest BCUT2D eigenvalue weighted by atomic mass is 79.9. The van der Waals surface area contributed by atoms with Crippen LogP contribution in [-0.4, -0.2) is 7.05 Å². The van der Waals surface area contributed by atoms with E-state index in [-0.39, 0.29) is 0 Å². The average molecular weight is 276 g/mol. The quantitative estimate of drug-likeness (QED) is 0.779. The third kappa shape index (κ3) is 2.27. The molecule has 0 aliphatic rings. The molecule has 2 aromatic carbocycles. The third-order valence-electron chi connectivity index (χ3n) is 2.67. The van der Waals surface area contributed by atoms with E-state index >= 15 is 0 Å². The summed E-state index contributed by atoms with van der Waals surface area (Å²) in [6, 6.07) is 16.7. The van der Waals surface area contributed by atoms with Gasteiger partial charge in [-0.2, -0.15) is 0 Å². The summed E-state index contributed by atoms with van der Waals surface area (Å²) in [5.74, 6) is 0. The largest absolute Gasteiger partial charge is 0.344 e. The van der Waals surface area contributed by atoms with Gasteiger partial charge in [0, 0.05) is 22.9 Å². The van der Waals surface area contributed by atoms with E-state index in [0.717, 1.165) is 4.47 Å². The number of anilines is 2. The first-order valence-electron chi connectivity index (χ1n) is 5.23. The smallest absolute Gasteiger partial charge is 0.0437 e. The summed E-state index contributed by atoms with van der Waals surface area (Å²) in [5, 5.41) is 0. The lowest BCUT2D eigenvalue weighted by molar-refractivity contribution is 1.18. The van der Waals surface area contributed by atoms with E-state index in [9.17, 15) is 0 Å². The molecule has 1 nitrogen and oxygen atoms in total. The fourth-order valence-electron chi connectivity index (χ4n) is 1.76. The highest BCUT2D eigenvalue weighted by Crippen LogP contribution is 2.28. The predicted octanol–water partition coefficient (Wildman–Crippen LogP) is 4.53. The molecule has 0 saturated heterocycles. The number of para-hydroxylation sites is 1. The molecule has 0 fully saturated rings. The number of aryl methyl sites for hydroxylation is 1. The van der Waals surface area contributed by atoms with Crippen LogP contribution in [0.5, 0.6) is 0 Å². The molecular weight excluding hydrogens is 262 g/mol. The molecule has 82 valence electrons. The maximum absolute atomic E-state index is 3.49. The molecule has 0 atom stereocenters. The van der Waals surface area contributed by atoms with Gasteiger partial charge in [-0.3, -0.25) is 0 Å². The van der Waals surface area contributed by atoms with E-state index < -0.39 is 0 Å². The lowest BCUT2D eigenvalue weighted by Crippen LogP contribution is -2.10. The van der Waals surface area contributed by atoms with Gasteiger partial charge >= 0.3 is 0 Å². The lowest BCUT2D eigenvalue weighted by atomic mass is 10.1. The molecule has 0 amide bonds. The predicted molar refractivity (Wildman–Crippen MR) is 73.4 cm³/mol. The van der Waals surface area contributed by atoms with E-state index in [1.807, 2.05) is 12.1 Å². The number of rotatable bonds is 2. The first-order valence-corrected chi connectivity index (χ1v) is 6.03. The Morgan fingerprint density at radius 3 is 2.44 bits per heavy atom. The van der Waals surface area contributed by atoms with Crippen molar-refractivity contribution in [3.05, 3.63) is 58.6 Å². The summed E-state index contributed by atoms with van der Waals surface area (Å²) < 4.78 is 1.10. The number of nitrogens with zero attached hydrogens (tertiary/aromatic N) is 1. The first-order chi connectivity index (χ1) is 7.68. The van der Waals surface area contributed by atoms with Crippen LogP contribution in [0, 0.1) is 6.92 Å². The van der Waals surface area contributed by atoms with Gasteiger partial charge < -0.3 is 4.90 Å². The minimum absolute atomic E-state index is 1.10. The van der Waals surface area contributed by atoms with Crippen molar-refractivity contribution < 1.29 is 0 Å². The zero-order chi connectivity index (χ0) is 11.5. The molecule has 16 heavy (non-hydrogen) atoms. The van der Waals surface area contributed by atoms with Crippen molar-refractivity contribution in [1.82, 2.24) is 0 Å². The van der Waals surface area contributed by atoms with Crippen LogP contribution in [0.25, 0.3) is 0 Å². The second-order valence-electron chi connectivity index (χ2n) is 3.83. The highest BCUT2D eigenvalue weighted by Gasteiger charge is 2.05. The summed E-state index contributed by atoms with van der Waals surface area (Å²) in [7, 11) is 2.09. The van der Waals surface area contributed by atoms with Crippen LogP contribution in [0.4, 0.5) is 11.4 Å². The molecule has 0 bridgehead atoms. The second-order valence-corrected chi connectivity index (χ2v) is 4.74. The summed E-state index contributed by atoms with van der Waals surface area (Å²) in [6.45, 7) is 2.13. The zero-order valence-corrected chi connectivity index (χ0v) is 11.0. The van der Waals surface area contributed by atoms with Gasteiger partial charge in [0.1, 0.15) is 0 Å². The van der Waals surface area contributed by atoms with Crippen LogP contribution >= 0.6 is 15.9 Å².